The van der Waals surface area contributed by atoms with Crippen LogP contribution in [0, 0.1) is 11.3 Å². The lowest BCUT2D eigenvalue weighted by Crippen LogP contribution is -2.49. The molecule has 0 saturated heterocycles. The van der Waals surface area contributed by atoms with E-state index in [9.17, 15) is 0 Å². The summed E-state index contributed by atoms with van der Waals surface area (Å²) >= 11 is 0. The van der Waals surface area contributed by atoms with Crippen LogP contribution in [0.3, 0.4) is 0 Å². The van der Waals surface area contributed by atoms with Gasteiger partial charge >= 0.3 is 0 Å². The highest BCUT2D eigenvalue weighted by molar-refractivity contribution is 4.84. The molecule has 0 aromatic heterocycles. The maximum Gasteiger partial charge on any atom is 0.0287 e. The van der Waals surface area contributed by atoms with E-state index in [2.05, 4.69) is 40.0 Å². The van der Waals surface area contributed by atoms with Gasteiger partial charge in [0.05, 0.1) is 0 Å². The highest BCUT2D eigenvalue weighted by Crippen LogP contribution is 2.29. The van der Waals surface area contributed by atoms with Gasteiger partial charge in [0.25, 0.3) is 0 Å². The van der Waals surface area contributed by atoms with Crippen molar-refractivity contribution in [2.75, 3.05) is 0 Å². The topological polar surface area (TPSA) is 38.0 Å². The molecule has 86 valence electrons. The Balaban J connectivity index is 4.29. The van der Waals surface area contributed by atoms with E-state index < -0.39 is 0 Å². The summed E-state index contributed by atoms with van der Waals surface area (Å²) in [4.78, 5) is 0. The summed E-state index contributed by atoms with van der Waals surface area (Å²) < 4.78 is 0. The van der Waals surface area contributed by atoms with Crippen molar-refractivity contribution in [3.63, 3.8) is 0 Å². The van der Waals surface area contributed by atoms with Gasteiger partial charge in [-0.2, -0.15) is 0 Å². The molecule has 0 aromatic carbocycles. The summed E-state index contributed by atoms with van der Waals surface area (Å²) in [7, 11) is 0. The predicted octanol–water partition coefficient (Wildman–Crippen LogP) is 3.08. The molecule has 3 N–H and O–H groups in total. The van der Waals surface area contributed by atoms with Gasteiger partial charge in [0.2, 0.25) is 0 Å². The van der Waals surface area contributed by atoms with Crippen molar-refractivity contribution in [3.8, 4) is 0 Å². The van der Waals surface area contributed by atoms with Crippen LogP contribution in [0.2, 0.25) is 0 Å². The SMILES string of the molecule is CCCCC(CC)C(NN)C(C)(C)C. The highest BCUT2D eigenvalue weighted by Gasteiger charge is 2.29. The number of nitrogens with one attached hydrogen (secondary N) is 1. The van der Waals surface area contributed by atoms with Crippen LogP contribution in [-0.4, -0.2) is 6.04 Å². The summed E-state index contributed by atoms with van der Waals surface area (Å²) in [5.41, 5.74) is 3.26. The first-order valence-electron chi connectivity index (χ1n) is 5.93. The summed E-state index contributed by atoms with van der Waals surface area (Å²) in [5, 5.41) is 0. The van der Waals surface area contributed by atoms with E-state index >= 15 is 0 Å². The molecule has 14 heavy (non-hydrogen) atoms. The Morgan fingerprint density at radius 3 is 2.07 bits per heavy atom. The first-order chi connectivity index (χ1) is 6.47. The lowest BCUT2D eigenvalue weighted by atomic mass is 9.76. The van der Waals surface area contributed by atoms with Gasteiger partial charge < -0.3 is 0 Å². The molecule has 0 radical (unpaired) electrons. The maximum atomic E-state index is 5.66. The number of hydrazine groups is 1. The molecule has 0 aromatic rings. The normalized spacial score (nSPS) is 16.7. The molecule has 2 heteroatoms. The number of hydrogen-bond acceptors (Lipinski definition) is 2. The van der Waals surface area contributed by atoms with Crippen molar-refractivity contribution in [1.29, 1.82) is 0 Å². The summed E-state index contributed by atoms with van der Waals surface area (Å²) in [6.45, 7) is 11.3. The van der Waals surface area contributed by atoms with Gasteiger partial charge in [-0.15, -0.1) is 0 Å². The van der Waals surface area contributed by atoms with Crippen LogP contribution in [0.4, 0.5) is 0 Å². The molecule has 0 amide bonds. The fourth-order valence-electron chi connectivity index (χ4n) is 2.17. The summed E-state index contributed by atoms with van der Waals surface area (Å²) in [6.07, 6.45) is 5.09. The van der Waals surface area contributed by atoms with Crippen LogP contribution < -0.4 is 11.3 Å². The van der Waals surface area contributed by atoms with E-state index in [1.54, 1.807) is 0 Å². The van der Waals surface area contributed by atoms with Gasteiger partial charge in [-0.3, -0.25) is 11.3 Å². The average Bonchev–Trinajstić information content (AvgIpc) is 2.09. The third kappa shape index (κ3) is 4.43. The predicted molar refractivity (Wildman–Crippen MR) is 63.9 cm³/mol. The van der Waals surface area contributed by atoms with Gasteiger partial charge in [-0.25, -0.2) is 0 Å². The Labute approximate surface area is 89.6 Å². The zero-order valence-corrected chi connectivity index (χ0v) is 10.6. The maximum absolute atomic E-state index is 5.66. The van der Waals surface area contributed by atoms with Crippen LogP contribution in [0.5, 0.6) is 0 Å². The third-order valence-corrected chi connectivity index (χ3v) is 3.04. The molecule has 2 unspecified atom stereocenters. The largest absolute Gasteiger partial charge is 0.271 e. The smallest absolute Gasteiger partial charge is 0.0287 e. The third-order valence-electron chi connectivity index (χ3n) is 3.04. The fraction of sp³-hybridized carbons (Fsp3) is 1.00. The first-order valence-corrected chi connectivity index (χ1v) is 5.93. The van der Waals surface area contributed by atoms with Gasteiger partial charge in [0.15, 0.2) is 0 Å². The molecule has 0 aliphatic carbocycles. The van der Waals surface area contributed by atoms with E-state index in [1.807, 2.05) is 0 Å². The second kappa shape index (κ2) is 6.41. The van der Waals surface area contributed by atoms with Crippen molar-refractivity contribution >= 4 is 0 Å². The Kier molecular flexibility index (Phi) is 6.38. The Morgan fingerprint density at radius 1 is 1.21 bits per heavy atom. The molecule has 0 saturated carbocycles. The van der Waals surface area contributed by atoms with Crippen molar-refractivity contribution < 1.29 is 0 Å². The van der Waals surface area contributed by atoms with Crippen molar-refractivity contribution in [1.82, 2.24) is 5.43 Å². The number of nitrogens with two attached hydrogens (primary N) is 1. The van der Waals surface area contributed by atoms with Gasteiger partial charge in [0, 0.05) is 6.04 Å². The minimum atomic E-state index is 0.253. The van der Waals surface area contributed by atoms with E-state index in [0.717, 1.165) is 0 Å². The molecule has 0 heterocycles. The van der Waals surface area contributed by atoms with Gasteiger partial charge in [0.1, 0.15) is 0 Å². The first kappa shape index (κ1) is 13.9. The molecule has 2 nitrogen and oxygen atoms in total. The Morgan fingerprint density at radius 2 is 1.79 bits per heavy atom. The zero-order valence-electron chi connectivity index (χ0n) is 10.6. The van der Waals surface area contributed by atoms with Crippen LogP contribution >= 0.6 is 0 Å². The van der Waals surface area contributed by atoms with Crippen molar-refractivity contribution in [3.05, 3.63) is 0 Å². The summed E-state index contributed by atoms with van der Waals surface area (Å²) in [5.74, 6) is 6.37. The molecule has 0 bridgehead atoms. The standard InChI is InChI=1S/C12H28N2/c1-6-8-9-10(7-2)11(14-13)12(3,4)5/h10-11,14H,6-9,13H2,1-5H3. The number of hydrogen-bond donors (Lipinski definition) is 2. The number of rotatable bonds is 6. The van der Waals surface area contributed by atoms with E-state index in [0.29, 0.717) is 12.0 Å². The lowest BCUT2D eigenvalue weighted by Gasteiger charge is -2.36. The molecule has 2 atom stereocenters. The quantitative estimate of drug-likeness (QED) is 0.511. The lowest BCUT2D eigenvalue weighted by molar-refractivity contribution is 0.178. The molecule has 0 rings (SSSR count). The number of unbranched alkanes of at least 4 members (excludes halogenated alkanes) is 1. The highest BCUT2D eigenvalue weighted by atomic mass is 15.2. The molecular formula is C12H28N2. The molecule has 0 aliphatic rings. The van der Waals surface area contributed by atoms with E-state index in [1.165, 1.54) is 25.7 Å². The minimum absolute atomic E-state index is 0.253. The molecule has 0 spiro atoms. The van der Waals surface area contributed by atoms with Gasteiger partial charge in [-0.1, -0.05) is 53.9 Å². The van der Waals surface area contributed by atoms with E-state index in [4.69, 9.17) is 5.84 Å². The molecule has 0 aliphatic heterocycles. The second-order valence-corrected chi connectivity index (χ2v) is 5.32. The van der Waals surface area contributed by atoms with Crippen LogP contribution in [0.1, 0.15) is 60.3 Å². The zero-order chi connectivity index (χ0) is 11.2. The van der Waals surface area contributed by atoms with Crippen LogP contribution in [0.15, 0.2) is 0 Å². The average molecular weight is 200 g/mol. The van der Waals surface area contributed by atoms with E-state index in [-0.39, 0.29) is 5.41 Å². The fourth-order valence-corrected chi connectivity index (χ4v) is 2.17. The van der Waals surface area contributed by atoms with Crippen molar-refractivity contribution in [2.24, 2.45) is 17.2 Å². The monoisotopic (exact) mass is 200 g/mol. The van der Waals surface area contributed by atoms with Crippen LogP contribution in [0.25, 0.3) is 0 Å². The molecule has 0 fully saturated rings. The minimum Gasteiger partial charge on any atom is -0.271 e. The summed E-state index contributed by atoms with van der Waals surface area (Å²) in [6, 6.07) is 0.430. The second-order valence-electron chi connectivity index (χ2n) is 5.32. The Hall–Kier alpha value is -0.0800. The van der Waals surface area contributed by atoms with Crippen molar-refractivity contribution in [2.45, 2.75) is 66.3 Å². The van der Waals surface area contributed by atoms with Crippen LogP contribution in [-0.2, 0) is 0 Å². The Bertz CT molecular complexity index is 138. The molecular weight excluding hydrogens is 172 g/mol. The van der Waals surface area contributed by atoms with Gasteiger partial charge in [-0.05, 0) is 17.8 Å².